The maximum atomic E-state index is 12.5. The molecule has 1 saturated heterocycles. The number of hydrogen-bond acceptors (Lipinski definition) is 5. The van der Waals surface area contributed by atoms with Crippen molar-refractivity contribution in [2.75, 3.05) is 26.7 Å². The third-order valence-corrected chi connectivity index (χ3v) is 4.88. The van der Waals surface area contributed by atoms with Crippen LogP contribution in [0.1, 0.15) is 29.0 Å². The number of carbonyl (C=O) groups excluding carboxylic acids is 1. The number of aliphatic imine (C=N–C) groups is 2. The number of likely N-dealkylation sites (tertiary alicyclic amines) is 1. The largest absolute Gasteiger partial charge is 0.497 e. The van der Waals surface area contributed by atoms with Gasteiger partial charge in [-0.15, -0.1) is 0 Å². The van der Waals surface area contributed by atoms with Gasteiger partial charge in [0.2, 0.25) is 0 Å². The molecule has 1 fully saturated rings. The van der Waals surface area contributed by atoms with E-state index >= 15 is 0 Å². The van der Waals surface area contributed by atoms with E-state index in [4.69, 9.17) is 14.1 Å². The quantitative estimate of drug-likeness (QED) is 0.850. The highest BCUT2D eigenvalue weighted by atomic mass is 16.5. The molecule has 6 heteroatoms. The van der Waals surface area contributed by atoms with Crippen molar-refractivity contribution in [1.29, 1.82) is 0 Å². The molecule has 0 N–H and O–H groups in total. The molecule has 1 aromatic carbocycles. The number of carbonyl (C=O) groups is 1. The molecule has 1 aromatic heterocycles. The van der Waals surface area contributed by atoms with Gasteiger partial charge in [-0.1, -0.05) is 12.1 Å². The average molecular weight is 351 g/mol. The SMILES string of the molecule is COc1cccc(C2=NCC(C3CCCN(C(=O)c4ccco4)C3)=N2)c1. The van der Waals surface area contributed by atoms with Crippen LogP contribution in [0, 0.1) is 5.92 Å². The number of nitrogens with zero attached hydrogens (tertiary/aromatic N) is 3. The fraction of sp³-hybridized carbons (Fsp3) is 0.350. The Morgan fingerprint density at radius 1 is 1.31 bits per heavy atom. The number of amides is 1. The van der Waals surface area contributed by atoms with E-state index in [-0.39, 0.29) is 11.8 Å². The highest BCUT2D eigenvalue weighted by Gasteiger charge is 2.30. The van der Waals surface area contributed by atoms with Gasteiger partial charge in [-0.25, -0.2) is 4.99 Å². The fourth-order valence-corrected chi connectivity index (χ4v) is 3.49. The molecule has 2 aromatic rings. The fourth-order valence-electron chi connectivity index (χ4n) is 3.49. The van der Waals surface area contributed by atoms with Crippen molar-refractivity contribution in [1.82, 2.24) is 4.90 Å². The molecule has 1 amide bonds. The summed E-state index contributed by atoms with van der Waals surface area (Å²) >= 11 is 0. The first-order valence-corrected chi connectivity index (χ1v) is 8.83. The van der Waals surface area contributed by atoms with Gasteiger partial charge in [-0.2, -0.15) is 0 Å². The topological polar surface area (TPSA) is 67.4 Å². The second-order valence-corrected chi connectivity index (χ2v) is 6.54. The molecule has 4 rings (SSSR count). The van der Waals surface area contributed by atoms with Gasteiger partial charge < -0.3 is 14.1 Å². The lowest BCUT2D eigenvalue weighted by Crippen LogP contribution is -2.42. The van der Waals surface area contributed by atoms with Crippen molar-refractivity contribution in [2.24, 2.45) is 15.9 Å². The van der Waals surface area contributed by atoms with Crippen molar-refractivity contribution >= 4 is 17.5 Å². The molecular weight excluding hydrogens is 330 g/mol. The predicted molar refractivity (Wildman–Crippen MR) is 99.2 cm³/mol. The maximum absolute atomic E-state index is 12.5. The monoisotopic (exact) mass is 351 g/mol. The van der Waals surface area contributed by atoms with Crippen molar-refractivity contribution in [2.45, 2.75) is 12.8 Å². The second-order valence-electron chi connectivity index (χ2n) is 6.54. The number of hydrogen-bond donors (Lipinski definition) is 0. The molecule has 0 spiro atoms. The lowest BCUT2D eigenvalue weighted by molar-refractivity contribution is 0.0670. The highest BCUT2D eigenvalue weighted by Crippen LogP contribution is 2.24. The summed E-state index contributed by atoms with van der Waals surface area (Å²) in [5, 5.41) is 0. The molecule has 1 unspecified atom stereocenters. The highest BCUT2D eigenvalue weighted by molar-refractivity contribution is 6.12. The van der Waals surface area contributed by atoms with Gasteiger partial charge in [0.05, 0.1) is 19.9 Å². The van der Waals surface area contributed by atoms with Gasteiger partial charge >= 0.3 is 0 Å². The summed E-state index contributed by atoms with van der Waals surface area (Å²) in [6.45, 7) is 2.02. The van der Waals surface area contributed by atoms with Crippen LogP contribution in [-0.2, 0) is 0 Å². The van der Waals surface area contributed by atoms with E-state index in [0.717, 1.165) is 42.2 Å². The van der Waals surface area contributed by atoms with Crippen LogP contribution >= 0.6 is 0 Å². The molecule has 26 heavy (non-hydrogen) atoms. The number of rotatable bonds is 4. The third-order valence-electron chi connectivity index (χ3n) is 4.88. The number of piperidine rings is 1. The molecule has 2 aliphatic heterocycles. The zero-order valence-corrected chi connectivity index (χ0v) is 14.7. The van der Waals surface area contributed by atoms with E-state index < -0.39 is 0 Å². The maximum Gasteiger partial charge on any atom is 0.289 e. The Bertz CT molecular complexity index is 855. The summed E-state index contributed by atoms with van der Waals surface area (Å²) in [4.78, 5) is 23.7. The van der Waals surface area contributed by atoms with Gasteiger partial charge in [-0.3, -0.25) is 9.79 Å². The minimum absolute atomic E-state index is 0.0489. The third kappa shape index (κ3) is 3.27. The van der Waals surface area contributed by atoms with E-state index in [9.17, 15) is 4.79 Å². The van der Waals surface area contributed by atoms with Crippen LogP contribution in [0.25, 0.3) is 0 Å². The lowest BCUT2D eigenvalue weighted by atomic mass is 9.93. The Morgan fingerprint density at radius 2 is 2.23 bits per heavy atom. The predicted octanol–water partition coefficient (Wildman–Crippen LogP) is 3.04. The van der Waals surface area contributed by atoms with Gasteiger partial charge in [0.15, 0.2) is 11.6 Å². The average Bonchev–Trinajstić information content (AvgIpc) is 3.39. The molecule has 0 saturated carbocycles. The minimum atomic E-state index is -0.0489. The van der Waals surface area contributed by atoms with E-state index in [0.29, 0.717) is 18.8 Å². The molecule has 2 aliphatic rings. The molecule has 0 aliphatic carbocycles. The van der Waals surface area contributed by atoms with Gasteiger partial charge in [0.1, 0.15) is 5.75 Å². The van der Waals surface area contributed by atoms with E-state index in [2.05, 4.69) is 4.99 Å². The van der Waals surface area contributed by atoms with Crippen LogP contribution < -0.4 is 4.74 Å². The number of benzene rings is 1. The normalized spacial score (nSPS) is 19.9. The molecule has 134 valence electrons. The molecular formula is C20H21N3O3. The Labute approximate surface area is 152 Å². The smallest absolute Gasteiger partial charge is 0.289 e. The van der Waals surface area contributed by atoms with Crippen LogP contribution in [0.3, 0.4) is 0 Å². The first-order chi connectivity index (χ1) is 12.7. The molecule has 0 bridgehead atoms. The van der Waals surface area contributed by atoms with Crippen LogP contribution in [0.5, 0.6) is 5.75 Å². The van der Waals surface area contributed by atoms with Gasteiger partial charge in [-0.05, 0) is 37.1 Å². The Balaban J connectivity index is 1.47. The van der Waals surface area contributed by atoms with Crippen molar-refractivity contribution in [3.05, 3.63) is 54.0 Å². The molecule has 6 nitrogen and oxygen atoms in total. The van der Waals surface area contributed by atoms with Gasteiger partial charge in [0.25, 0.3) is 5.91 Å². The van der Waals surface area contributed by atoms with E-state index in [1.54, 1.807) is 19.2 Å². The van der Waals surface area contributed by atoms with Crippen LogP contribution in [0.4, 0.5) is 0 Å². The van der Waals surface area contributed by atoms with E-state index in [1.807, 2.05) is 29.2 Å². The van der Waals surface area contributed by atoms with E-state index in [1.165, 1.54) is 6.26 Å². The van der Waals surface area contributed by atoms with Crippen LogP contribution in [0.2, 0.25) is 0 Å². The number of ether oxygens (including phenoxy) is 1. The summed E-state index contributed by atoms with van der Waals surface area (Å²) in [5.74, 6) is 2.13. The lowest BCUT2D eigenvalue weighted by Gasteiger charge is -2.32. The summed E-state index contributed by atoms with van der Waals surface area (Å²) in [6, 6.07) is 11.2. The second kappa shape index (κ2) is 7.15. The van der Waals surface area contributed by atoms with Crippen molar-refractivity contribution in [3.8, 4) is 5.75 Å². The number of methoxy groups -OCH3 is 1. The van der Waals surface area contributed by atoms with Crippen molar-refractivity contribution < 1.29 is 13.9 Å². The standard InChI is InChI=1S/C20H21N3O3/c1-25-16-7-2-5-14(11-16)19-21-12-17(22-19)15-6-3-9-23(13-15)20(24)18-8-4-10-26-18/h2,4-5,7-8,10-11,15H,3,6,9,12-13H2,1H3. The summed E-state index contributed by atoms with van der Waals surface area (Å²) < 4.78 is 10.5. The first-order valence-electron chi connectivity index (χ1n) is 8.83. The summed E-state index contributed by atoms with van der Waals surface area (Å²) in [7, 11) is 1.65. The Kier molecular flexibility index (Phi) is 4.56. The zero-order valence-electron chi connectivity index (χ0n) is 14.7. The zero-order chi connectivity index (χ0) is 17.9. The number of furan rings is 1. The Hall–Kier alpha value is -2.89. The summed E-state index contributed by atoms with van der Waals surface area (Å²) in [6.07, 6.45) is 3.52. The minimum Gasteiger partial charge on any atom is -0.497 e. The molecule has 1 atom stereocenters. The summed E-state index contributed by atoms with van der Waals surface area (Å²) in [5.41, 5.74) is 2.01. The van der Waals surface area contributed by atoms with Gasteiger partial charge in [0, 0.05) is 30.3 Å². The first kappa shape index (κ1) is 16.6. The Morgan fingerprint density at radius 3 is 3.04 bits per heavy atom. The van der Waals surface area contributed by atoms with Crippen molar-refractivity contribution in [3.63, 3.8) is 0 Å². The van der Waals surface area contributed by atoms with Crippen LogP contribution in [-0.4, -0.2) is 49.1 Å². The molecule has 0 radical (unpaired) electrons. The number of amidine groups is 1. The molecule has 3 heterocycles. The van der Waals surface area contributed by atoms with Crippen LogP contribution in [0.15, 0.2) is 57.1 Å².